The predicted octanol–water partition coefficient (Wildman–Crippen LogP) is 3.04. The van der Waals surface area contributed by atoms with E-state index in [9.17, 15) is 14.5 Å². The summed E-state index contributed by atoms with van der Waals surface area (Å²) in [6, 6.07) is 7.19. The Morgan fingerprint density at radius 2 is 2.17 bits per heavy atom. The van der Waals surface area contributed by atoms with Crippen LogP contribution in [0.1, 0.15) is 11.3 Å². The third kappa shape index (κ3) is 2.92. The van der Waals surface area contributed by atoms with Gasteiger partial charge >= 0.3 is 5.69 Å². The number of hydrogen-bond donors (Lipinski definition) is 0. The highest BCUT2D eigenvalue weighted by molar-refractivity contribution is 5.34. The third-order valence-electron chi connectivity index (χ3n) is 2.30. The Kier molecular flexibility index (Phi) is 3.69. The molecule has 0 atom stereocenters. The van der Waals surface area contributed by atoms with E-state index in [1.165, 1.54) is 12.3 Å². The molecule has 1 aromatic heterocycles. The number of rotatable bonds is 5. The summed E-state index contributed by atoms with van der Waals surface area (Å²) in [5.41, 5.74) is -0.00515. The first-order valence-electron chi connectivity index (χ1n) is 5.20. The van der Waals surface area contributed by atoms with Crippen LogP contribution in [-0.4, -0.2) is 4.92 Å². The molecule has 0 unspecified atom stereocenters. The van der Waals surface area contributed by atoms with Gasteiger partial charge in [-0.05, 0) is 29.8 Å². The Labute approximate surface area is 102 Å². The number of benzene rings is 1. The van der Waals surface area contributed by atoms with Crippen LogP contribution in [0.4, 0.5) is 10.1 Å². The Bertz CT molecular complexity index is 539. The highest BCUT2D eigenvalue weighted by Crippen LogP contribution is 2.18. The summed E-state index contributed by atoms with van der Waals surface area (Å²) in [7, 11) is 0. The Hall–Kier alpha value is -2.21. The maximum absolute atomic E-state index is 13.3. The van der Waals surface area contributed by atoms with Gasteiger partial charge in [-0.1, -0.05) is 0 Å². The molecule has 0 fully saturated rings. The standard InChI is InChI=1S/C12H10FNO4/c13-11-6-9(3-4-12(11)14(15)16)7-17-8-10-2-1-5-18-10/h1-6H,7-8H2. The van der Waals surface area contributed by atoms with E-state index in [0.29, 0.717) is 11.3 Å². The van der Waals surface area contributed by atoms with Gasteiger partial charge < -0.3 is 9.15 Å². The second-order valence-corrected chi connectivity index (χ2v) is 3.62. The quantitative estimate of drug-likeness (QED) is 0.605. The van der Waals surface area contributed by atoms with Crippen LogP contribution in [0.3, 0.4) is 0 Å². The molecule has 5 nitrogen and oxygen atoms in total. The zero-order valence-corrected chi connectivity index (χ0v) is 9.34. The summed E-state index contributed by atoms with van der Waals surface area (Å²) in [4.78, 5) is 9.66. The van der Waals surface area contributed by atoms with Crippen molar-refractivity contribution in [2.75, 3.05) is 0 Å². The van der Waals surface area contributed by atoms with Gasteiger partial charge in [-0.15, -0.1) is 0 Å². The van der Waals surface area contributed by atoms with Crippen molar-refractivity contribution >= 4 is 5.69 Å². The lowest BCUT2D eigenvalue weighted by molar-refractivity contribution is -0.387. The average molecular weight is 251 g/mol. The monoisotopic (exact) mass is 251 g/mol. The van der Waals surface area contributed by atoms with Crippen molar-refractivity contribution < 1.29 is 18.5 Å². The summed E-state index contributed by atoms with van der Waals surface area (Å²) < 4.78 is 23.6. The lowest BCUT2D eigenvalue weighted by Crippen LogP contribution is -1.97. The first kappa shape index (κ1) is 12.3. The van der Waals surface area contributed by atoms with E-state index in [0.717, 1.165) is 12.1 Å². The summed E-state index contributed by atoms with van der Waals surface area (Å²) in [6.07, 6.45) is 1.53. The predicted molar refractivity (Wildman–Crippen MR) is 60.3 cm³/mol. The Morgan fingerprint density at radius 1 is 1.33 bits per heavy atom. The fourth-order valence-electron chi connectivity index (χ4n) is 1.45. The maximum atomic E-state index is 13.3. The van der Waals surface area contributed by atoms with E-state index >= 15 is 0 Å². The summed E-state index contributed by atoms with van der Waals surface area (Å²) in [5, 5.41) is 10.4. The van der Waals surface area contributed by atoms with E-state index in [1.54, 1.807) is 12.1 Å². The molecule has 0 bridgehead atoms. The fourth-order valence-corrected chi connectivity index (χ4v) is 1.45. The van der Waals surface area contributed by atoms with Gasteiger partial charge in [-0.25, -0.2) is 0 Å². The van der Waals surface area contributed by atoms with Gasteiger partial charge in [-0.3, -0.25) is 10.1 Å². The molecule has 0 spiro atoms. The van der Waals surface area contributed by atoms with Crippen LogP contribution in [0, 0.1) is 15.9 Å². The first-order chi connectivity index (χ1) is 8.66. The normalized spacial score (nSPS) is 10.5. The smallest absolute Gasteiger partial charge is 0.304 e. The molecule has 2 aromatic rings. The number of nitro benzene ring substituents is 1. The van der Waals surface area contributed by atoms with Crippen molar-refractivity contribution in [3.63, 3.8) is 0 Å². The molecule has 1 aromatic carbocycles. The van der Waals surface area contributed by atoms with Gasteiger partial charge in [0.05, 0.1) is 17.8 Å². The molecular formula is C12H10FNO4. The lowest BCUT2D eigenvalue weighted by atomic mass is 10.2. The van der Waals surface area contributed by atoms with Crippen LogP contribution >= 0.6 is 0 Å². The maximum Gasteiger partial charge on any atom is 0.304 e. The third-order valence-corrected chi connectivity index (χ3v) is 2.30. The number of nitro groups is 1. The molecule has 2 rings (SSSR count). The minimum absolute atomic E-state index is 0.162. The minimum Gasteiger partial charge on any atom is -0.467 e. The number of halogens is 1. The van der Waals surface area contributed by atoms with Crippen LogP contribution < -0.4 is 0 Å². The van der Waals surface area contributed by atoms with E-state index < -0.39 is 16.4 Å². The number of furan rings is 1. The van der Waals surface area contributed by atoms with Gasteiger partial charge in [0, 0.05) is 6.07 Å². The molecule has 6 heteroatoms. The van der Waals surface area contributed by atoms with Crippen LogP contribution in [0.15, 0.2) is 41.0 Å². The summed E-state index contributed by atoms with van der Waals surface area (Å²) in [5.74, 6) is -0.198. The van der Waals surface area contributed by atoms with Crippen molar-refractivity contribution in [3.8, 4) is 0 Å². The van der Waals surface area contributed by atoms with Crippen molar-refractivity contribution in [3.05, 3.63) is 63.9 Å². The second-order valence-electron chi connectivity index (χ2n) is 3.62. The molecule has 18 heavy (non-hydrogen) atoms. The zero-order chi connectivity index (χ0) is 13.0. The van der Waals surface area contributed by atoms with Crippen molar-refractivity contribution in [1.82, 2.24) is 0 Å². The summed E-state index contributed by atoms with van der Waals surface area (Å²) >= 11 is 0. The van der Waals surface area contributed by atoms with Crippen LogP contribution in [0.2, 0.25) is 0 Å². The van der Waals surface area contributed by atoms with Crippen molar-refractivity contribution in [2.24, 2.45) is 0 Å². The van der Waals surface area contributed by atoms with Crippen LogP contribution in [0.25, 0.3) is 0 Å². The zero-order valence-electron chi connectivity index (χ0n) is 9.34. The largest absolute Gasteiger partial charge is 0.467 e. The molecule has 0 amide bonds. The highest BCUT2D eigenvalue weighted by atomic mass is 19.1. The fraction of sp³-hybridized carbons (Fsp3) is 0.167. The average Bonchev–Trinajstić information content (AvgIpc) is 2.81. The molecule has 0 N–H and O–H groups in total. The molecule has 0 aliphatic rings. The topological polar surface area (TPSA) is 65.5 Å². The number of ether oxygens (including phenoxy) is 1. The van der Waals surface area contributed by atoms with E-state index in [2.05, 4.69) is 0 Å². The Balaban J connectivity index is 1.94. The summed E-state index contributed by atoms with van der Waals surface area (Å²) in [6.45, 7) is 0.432. The molecule has 0 aliphatic carbocycles. The molecule has 0 radical (unpaired) electrons. The number of nitrogens with zero attached hydrogens (tertiary/aromatic N) is 1. The molecular weight excluding hydrogens is 241 g/mol. The van der Waals surface area contributed by atoms with E-state index in [4.69, 9.17) is 9.15 Å². The lowest BCUT2D eigenvalue weighted by Gasteiger charge is -2.03. The Morgan fingerprint density at radius 3 is 2.78 bits per heavy atom. The molecule has 94 valence electrons. The molecule has 0 saturated carbocycles. The number of hydrogen-bond acceptors (Lipinski definition) is 4. The minimum atomic E-state index is -0.862. The van der Waals surface area contributed by atoms with Crippen LogP contribution in [-0.2, 0) is 18.0 Å². The van der Waals surface area contributed by atoms with Crippen molar-refractivity contribution in [1.29, 1.82) is 0 Å². The van der Waals surface area contributed by atoms with E-state index in [-0.39, 0.29) is 13.2 Å². The first-order valence-corrected chi connectivity index (χ1v) is 5.20. The van der Waals surface area contributed by atoms with E-state index in [1.807, 2.05) is 0 Å². The SMILES string of the molecule is O=[N+]([O-])c1ccc(COCc2ccco2)cc1F. The highest BCUT2D eigenvalue weighted by Gasteiger charge is 2.13. The van der Waals surface area contributed by atoms with Gasteiger partial charge in [0.25, 0.3) is 0 Å². The molecule has 0 aliphatic heterocycles. The molecule has 1 heterocycles. The van der Waals surface area contributed by atoms with Crippen LogP contribution in [0.5, 0.6) is 0 Å². The van der Waals surface area contributed by atoms with Gasteiger partial charge in [0.2, 0.25) is 5.82 Å². The van der Waals surface area contributed by atoms with Gasteiger partial charge in [0.15, 0.2) is 0 Å². The molecule has 0 saturated heterocycles. The van der Waals surface area contributed by atoms with Gasteiger partial charge in [0.1, 0.15) is 12.4 Å². The van der Waals surface area contributed by atoms with Crippen molar-refractivity contribution in [2.45, 2.75) is 13.2 Å². The van der Waals surface area contributed by atoms with Gasteiger partial charge in [-0.2, -0.15) is 4.39 Å². The second kappa shape index (κ2) is 5.42.